The molecule has 0 aromatic heterocycles. The van der Waals surface area contributed by atoms with Gasteiger partial charge in [0.1, 0.15) is 0 Å². The van der Waals surface area contributed by atoms with Crippen molar-refractivity contribution < 1.29 is 19.0 Å². The van der Waals surface area contributed by atoms with Crippen molar-refractivity contribution >= 4 is 5.91 Å². The molecule has 6 rings (SSSR count). The van der Waals surface area contributed by atoms with Gasteiger partial charge >= 0.3 is 0 Å². The summed E-state index contributed by atoms with van der Waals surface area (Å²) in [7, 11) is 4.65. The van der Waals surface area contributed by atoms with Gasteiger partial charge in [0.15, 0.2) is 11.5 Å². The van der Waals surface area contributed by atoms with Gasteiger partial charge in [0, 0.05) is 23.9 Å². The number of nitrogens with one attached hydrogen (secondary N) is 1. The number of hydrogen-bond acceptors (Lipinski definition) is 4. The Bertz CT molecular complexity index is 1100. The highest BCUT2D eigenvalue weighted by Crippen LogP contribution is 2.55. The van der Waals surface area contributed by atoms with Crippen LogP contribution in [0.2, 0.25) is 0 Å². The molecule has 32 heavy (non-hydrogen) atoms. The molecule has 2 bridgehead atoms. The maximum Gasteiger partial charge on any atom is 0.251 e. The Morgan fingerprint density at radius 3 is 1.88 bits per heavy atom. The van der Waals surface area contributed by atoms with E-state index in [4.69, 9.17) is 14.2 Å². The highest BCUT2D eigenvalue weighted by Gasteiger charge is 2.42. The summed E-state index contributed by atoms with van der Waals surface area (Å²) in [5, 5.41) is 3.16. The van der Waals surface area contributed by atoms with Gasteiger partial charge in [-0.05, 0) is 46.7 Å². The van der Waals surface area contributed by atoms with E-state index < -0.39 is 0 Å². The van der Waals surface area contributed by atoms with Gasteiger partial charge in [-0.3, -0.25) is 4.79 Å². The van der Waals surface area contributed by atoms with Crippen molar-refractivity contribution in [2.75, 3.05) is 27.9 Å². The van der Waals surface area contributed by atoms with Crippen LogP contribution in [0.5, 0.6) is 17.2 Å². The minimum absolute atomic E-state index is 0.146. The molecule has 0 spiro atoms. The van der Waals surface area contributed by atoms with Gasteiger partial charge in [0.05, 0.1) is 21.3 Å². The molecule has 5 nitrogen and oxygen atoms in total. The molecule has 0 heterocycles. The molecule has 164 valence electrons. The lowest BCUT2D eigenvalue weighted by atomic mass is 9.59. The Morgan fingerprint density at radius 2 is 1.38 bits per heavy atom. The van der Waals surface area contributed by atoms with Crippen molar-refractivity contribution in [1.29, 1.82) is 0 Å². The van der Waals surface area contributed by atoms with Crippen LogP contribution in [0.1, 0.15) is 50.9 Å². The Kier molecular flexibility index (Phi) is 5.25. The molecule has 0 aliphatic heterocycles. The first kappa shape index (κ1) is 20.4. The van der Waals surface area contributed by atoms with E-state index in [0.717, 1.165) is 6.42 Å². The van der Waals surface area contributed by atoms with Crippen LogP contribution in [0.4, 0.5) is 0 Å². The number of fused-ring (bicyclic) bond motifs is 1. The fourth-order valence-corrected chi connectivity index (χ4v) is 5.50. The zero-order chi connectivity index (χ0) is 22.2. The lowest BCUT2D eigenvalue weighted by Crippen LogP contribution is -2.39. The summed E-state index contributed by atoms with van der Waals surface area (Å²) in [6.45, 7) is 0.610. The van der Waals surface area contributed by atoms with Crippen LogP contribution in [0, 0.1) is 5.92 Å². The number of hydrogen-bond donors (Lipinski definition) is 1. The fraction of sp³-hybridized carbons (Fsp3) is 0.296. The Labute approximate surface area is 188 Å². The summed E-state index contributed by atoms with van der Waals surface area (Å²) in [5.41, 5.74) is 6.15. The van der Waals surface area contributed by atoms with Gasteiger partial charge in [-0.15, -0.1) is 0 Å². The average molecular weight is 430 g/mol. The number of carbonyl (C=O) groups is 1. The van der Waals surface area contributed by atoms with Gasteiger partial charge in [-0.25, -0.2) is 0 Å². The van der Waals surface area contributed by atoms with Gasteiger partial charge in [0.25, 0.3) is 5.91 Å². The normalized spacial score (nSPS) is 20.2. The van der Waals surface area contributed by atoms with Crippen molar-refractivity contribution in [3.63, 3.8) is 0 Å². The molecule has 3 aliphatic rings. The third-order valence-corrected chi connectivity index (χ3v) is 6.87. The van der Waals surface area contributed by atoms with Gasteiger partial charge in [-0.2, -0.15) is 0 Å². The molecule has 0 radical (unpaired) electrons. The predicted octanol–water partition coefficient (Wildman–Crippen LogP) is 4.74. The third-order valence-electron chi connectivity index (χ3n) is 6.87. The Hall–Kier alpha value is -3.47. The molecule has 0 saturated carbocycles. The van der Waals surface area contributed by atoms with Crippen LogP contribution in [-0.2, 0) is 0 Å². The summed E-state index contributed by atoms with van der Waals surface area (Å²) in [6.07, 6.45) is 1.04. The second-order valence-electron chi connectivity index (χ2n) is 8.41. The van der Waals surface area contributed by atoms with Crippen molar-refractivity contribution in [3.05, 3.63) is 88.5 Å². The third kappa shape index (κ3) is 3.20. The van der Waals surface area contributed by atoms with E-state index in [9.17, 15) is 4.79 Å². The van der Waals surface area contributed by atoms with Gasteiger partial charge in [-0.1, -0.05) is 48.5 Å². The number of benzene rings is 3. The first-order chi connectivity index (χ1) is 15.7. The van der Waals surface area contributed by atoms with E-state index in [1.807, 2.05) is 0 Å². The first-order valence-corrected chi connectivity index (χ1v) is 10.9. The minimum atomic E-state index is -0.146. The quantitative estimate of drug-likeness (QED) is 0.615. The zero-order valence-electron chi connectivity index (χ0n) is 18.6. The fourth-order valence-electron chi connectivity index (χ4n) is 5.50. The molecule has 0 unspecified atom stereocenters. The maximum absolute atomic E-state index is 13.1. The predicted molar refractivity (Wildman–Crippen MR) is 123 cm³/mol. The van der Waals surface area contributed by atoms with E-state index in [1.54, 1.807) is 33.5 Å². The summed E-state index contributed by atoms with van der Waals surface area (Å²) < 4.78 is 16.2. The van der Waals surface area contributed by atoms with Crippen molar-refractivity contribution in [2.24, 2.45) is 5.92 Å². The number of carbonyl (C=O) groups excluding carboxylic acids is 1. The van der Waals surface area contributed by atoms with E-state index >= 15 is 0 Å². The smallest absolute Gasteiger partial charge is 0.251 e. The second kappa shape index (κ2) is 8.23. The van der Waals surface area contributed by atoms with Crippen LogP contribution < -0.4 is 19.5 Å². The van der Waals surface area contributed by atoms with Crippen molar-refractivity contribution in [1.82, 2.24) is 5.32 Å². The van der Waals surface area contributed by atoms with Crippen LogP contribution in [-0.4, -0.2) is 33.8 Å². The molecule has 0 fully saturated rings. The number of ether oxygens (including phenoxy) is 3. The Balaban J connectivity index is 1.40. The van der Waals surface area contributed by atoms with Gasteiger partial charge in [0.2, 0.25) is 5.75 Å². The summed E-state index contributed by atoms with van der Waals surface area (Å²) in [5.74, 6) is 2.30. The van der Waals surface area contributed by atoms with Crippen LogP contribution >= 0.6 is 0 Å². The minimum Gasteiger partial charge on any atom is -0.493 e. The highest BCUT2D eigenvalue weighted by atomic mass is 16.5. The van der Waals surface area contributed by atoms with E-state index in [-0.39, 0.29) is 5.91 Å². The first-order valence-electron chi connectivity index (χ1n) is 10.9. The number of rotatable bonds is 6. The standard InChI is InChI=1S/C27H27NO4/c1-30-23-13-16(14-24(31-2)26(23)32-3)27(29)28-15-17-12-22-18-8-4-6-10-20(18)25(17)21-11-7-5-9-19(21)22/h4-11,13-14,17,22,25H,12,15H2,1-3H3,(H,28,29)/t17-,22?,25?/m1/s1. The Morgan fingerprint density at radius 1 is 0.844 bits per heavy atom. The number of methoxy groups -OCH3 is 3. The zero-order valence-corrected chi connectivity index (χ0v) is 18.6. The molecule has 3 aromatic carbocycles. The molecule has 1 N–H and O–H groups in total. The monoisotopic (exact) mass is 429 g/mol. The van der Waals surface area contributed by atoms with Gasteiger partial charge < -0.3 is 19.5 Å². The summed E-state index contributed by atoms with van der Waals surface area (Å²) in [6, 6.07) is 20.9. The summed E-state index contributed by atoms with van der Waals surface area (Å²) >= 11 is 0. The SMILES string of the molecule is COc1cc(C(=O)NC[C@H]2CC3c4ccccc4C2c2ccccc23)cc(OC)c1OC. The van der Waals surface area contributed by atoms with E-state index in [0.29, 0.717) is 47.1 Å². The van der Waals surface area contributed by atoms with Crippen molar-refractivity contribution in [2.45, 2.75) is 18.3 Å². The molecule has 5 heteroatoms. The lowest BCUT2D eigenvalue weighted by molar-refractivity contribution is 0.0942. The molecule has 1 amide bonds. The molecule has 3 aromatic rings. The topological polar surface area (TPSA) is 56.8 Å². The average Bonchev–Trinajstić information content (AvgIpc) is 2.86. The van der Waals surface area contributed by atoms with E-state index in [1.165, 1.54) is 22.3 Å². The molecular formula is C27H27NO4. The largest absolute Gasteiger partial charge is 0.493 e. The molecule has 1 atom stereocenters. The maximum atomic E-state index is 13.1. The lowest BCUT2D eigenvalue weighted by Gasteiger charge is -2.45. The van der Waals surface area contributed by atoms with Crippen LogP contribution in [0.25, 0.3) is 0 Å². The molecule has 3 aliphatic carbocycles. The van der Waals surface area contributed by atoms with Crippen molar-refractivity contribution in [3.8, 4) is 17.2 Å². The summed E-state index contributed by atoms with van der Waals surface area (Å²) in [4.78, 5) is 13.1. The second-order valence-corrected chi connectivity index (χ2v) is 8.41. The molecular weight excluding hydrogens is 402 g/mol. The van der Waals surface area contributed by atoms with Crippen LogP contribution in [0.3, 0.4) is 0 Å². The highest BCUT2D eigenvalue weighted by molar-refractivity contribution is 5.95. The van der Waals surface area contributed by atoms with Crippen LogP contribution in [0.15, 0.2) is 60.7 Å². The van der Waals surface area contributed by atoms with E-state index in [2.05, 4.69) is 53.8 Å². The molecule has 0 saturated heterocycles. The number of amides is 1.